The van der Waals surface area contributed by atoms with Gasteiger partial charge in [-0.1, -0.05) is 18.2 Å². The third-order valence-electron chi connectivity index (χ3n) is 5.41. The molecule has 1 aromatic heterocycles. The second-order valence-electron chi connectivity index (χ2n) is 7.24. The minimum atomic E-state index is -1.46. The van der Waals surface area contributed by atoms with E-state index >= 15 is 0 Å². The van der Waals surface area contributed by atoms with Gasteiger partial charge in [-0.15, -0.1) is 0 Å². The second-order valence-corrected chi connectivity index (χ2v) is 7.24. The standard InChI is InChI=1S/C19H16FN3O6/c20-12-8-21-15(22-9-12)11-3-1-2-10(4-11)5-19(16(24)25)6-13-14(7-19)29-18(28)23(13)17(26)27/h1-4,8-9,13-14H,5-7H2,(H,24,25)(H,26,27)/t13-,14+,19-/m1/s1. The second kappa shape index (κ2) is 6.80. The van der Waals surface area contributed by atoms with E-state index < -0.39 is 41.5 Å². The van der Waals surface area contributed by atoms with Gasteiger partial charge in [0.1, 0.15) is 6.10 Å². The van der Waals surface area contributed by atoms with Gasteiger partial charge in [0.15, 0.2) is 11.6 Å². The Labute approximate surface area is 163 Å². The van der Waals surface area contributed by atoms with Crippen molar-refractivity contribution >= 4 is 18.2 Å². The molecule has 150 valence electrons. The fraction of sp³-hybridized carbons (Fsp3) is 0.316. The summed E-state index contributed by atoms with van der Waals surface area (Å²) >= 11 is 0. The molecule has 0 spiro atoms. The summed E-state index contributed by atoms with van der Waals surface area (Å²) < 4.78 is 18.1. The van der Waals surface area contributed by atoms with Crippen molar-refractivity contribution in [3.8, 4) is 11.4 Å². The molecule has 9 nitrogen and oxygen atoms in total. The Morgan fingerprint density at radius 1 is 1.24 bits per heavy atom. The normalized spacial score (nSPS) is 25.6. The molecule has 1 saturated carbocycles. The number of aliphatic carboxylic acids is 1. The minimum absolute atomic E-state index is 0.0137. The molecule has 1 aromatic carbocycles. The summed E-state index contributed by atoms with van der Waals surface area (Å²) in [7, 11) is 0. The number of halogens is 1. The van der Waals surface area contributed by atoms with Crippen molar-refractivity contribution in [2.75, 3.05) is 0 Å². The van der Waals surface area contributed by atoms with Crippen LogP contribution in [0.1, 0.15) is 18.4 Å². The van der Waals surface area contributed by atoms with Crippen LogP contribution in [0, 0.1) is 11.2 Å². The topological polar surface area (TPSA) is 130 Å². The maximum Gasteiger partial charge on any atom is 0.420 e. The molecule has 2 fully saturated rings. The van der Waals surface area contributed by atoms with Crippen molar-refractivity contribution < 1.29 is 33.7 Å². The van der Waals surface area contributed by atoms with Gasteiger partial charge in [0.05, 0.1) is 23.9 Å². The van der Waals surface area contributed by atoms with Crippen LogP contribution in [0.4, 0.5) is 14.0 Å². The van der Waals surface area contributed by atoms with E-state index in [1.54, 1.807) is 24.3 Å². The molecular weight excluding hydrogens is 385 g/mol. The number of carbonyl (C=O) groups excluding carboxylic acids is 1. The Bertz CT molecular complexity index is 998. The zero-order chi connectivity index (χ0) is 20.8. The van der Waals surface area contributed by atoms with Gasteiger partial charge < -0.3 is 14.9 Å². The molecule has 1 saturated heterocycles. The van der Waals surface area contributed by atoms with Crippen molar-refractivity contribution in [3.05, 3.63) is 48.0 Å². The van der Waals surface area contributed by atoms with E-state index in [1.165, 1.54) is 0 Å². The number of carboxylic acid groups (broad SMARTS) is 2. The zero-order valence-corrected chi connectivity index (χ0v) is 15.0. The first-order valence-electron chi connectivity index (χ1n) is 8.82. The molecule has 2 N–H and O–H groups in total. The number of benzene rings is 1. The summed E-state index contributed by atoms with van der Waals surface area (Å²) in [6.45, 7) is 0. The molecule has 10 heteroatoms. The van der Waals surface area contributed by atoms with Crippen LogP contribution in [-0.4, -0.2) is 55.4 Å². The van der Waals surface area contributed by atoms with E-state index in [9.17, 15) is 29.0 Å². The van der Waals surface area contributed by atoms with Crippen LogP contribution in [0.2, 0.25) is 0 Å². The SMILES string of the molecule is O=C(O)N1C(=O)O[C@H]2C[C@](Cc3cccc(-c4ncc(F)cn4)c3)(C(=O)O)C[C@H]21. The number of fused-ring (bicyclic) bond motifs is 1. The van der Waals surface area contributed by atoms with Crippen LogP contribution >= 0.6 is 0 Å². The molecule has 1 aliphatic heterocycles. The highest BCUT2D eigenvalue weighted by molar-refractivity contribution is 5.89. The quantitative estimate of drug-likeness (QED) is 0.799. The number of imide groups is 1. The highest BCUT2D eigenvalue weighted by Gasteiger charge is 2.59. The van der Waals surface area contributed by atoms with Gasteiger partial charge in [0.2, 0.25) is 0 Å². The van der Waals surface area contributed by atoms with E-state index in [2.05, 4.69) is 9.97 Å². The molecule has 1 aliphatic carbocycles. The number of amides is 2. The van der Waals surface area contributed by atoms with Crippen molar-refractivity contribution in [1.29, 1.82) is 0 Å². The molecule has 2 amide bonds. The Morgan fingerprint density at radius 3 is 2.62 bits per heavy atom. The number of nitrogens with zero attached hydrogens (tertiary/aromatic N) is 3. The van der Waals surface area contributed by atoms with Crippen LogP contribution in [-0.2, 0) is 16.0 Å². The molecule has 0 unspecified atom stereocenters. The van der Waals surface area contributed by atoms with Gasteiger partial charge in [-0.3, -0.25) is 4.79 Å². The number of aromatic nitrogens is 2. The lowest BCUT2D eigenvalue weighted by molar-refractivity contribution is -0.149. The number of rotatable bonds is 4. The van der Waals surface area contributed by atoms with Crippen molar-refractivity contribution in [2.45, 2.75) is 31.4 Å². The Hall–Kier alpha value is -3.56. The predicted molar refractivity (Wildman–Crippen MR) is 94.4 cm³/mol. The first-order chi connectivity index (χ1) is 13.8. The Kier molecular flexibility index (Phi) is 4.40. The third kappa shape index (κ3) is 3.26. The molecular formula is C19H16FN3O6. The van der Waals surface area contributed by atoms with Crippen LogP contribution < -0.4 is 0 Å². The smallest absolute Gasteiger partial charge is 0.420 e. The Balaban J connectivity index is 1.61. The number of carboxylic acids is 1. The zero-order valence-electron chi connectivity index (χ0n) is 15.0. The lowest BCUT2D eigenvalue weighted by Crippen LogP contribution is -2.40. The van der Waals surface area contributed by atoms with Gasteiger partial charge in [-0.25, -0.2) is 28.8 Å². The van der Waals surface area contributed by atoms with E-state index in [-0.39, 0.29) is 19.3 Å². The fourth-order valence-electron chi connectivity index (χ4n) is 4.12. The largest absolute Gasteiger partial charge is 0.481 e. The van der Waals surface area contributed by atoms with Gasteiger partial charge in [0, 0.05) is 12.0 Å². The number of hydrogen-bond acceptors (Lipinski definition) is 6. The first kappa shape index (κ1) is 18.8. The summed E-state index contributed by atoms with van der Waals surface area (Å²) in [5.74, 6) is -1.35. The van der Waals surface area contributed by atoms with E-state index in [0.717, 1.165) is 12.4 Å². The van der Waals surface area contributed by atoms with E-state index in [4.69, 9.17) is 4.74 Å². The molecule has 2 heterocycles. The fourth-order valence-corrected chi connectivity index (χ4v) is 4.12. The monoisotopic (exact) mass is 401 g/mol. The average molecular weight is 401 g/mol. The van der Waals surface area contributed by atoms with Crippen molar-refractivity contribution in [1.82, 2.24) is 14.9 Å². The highest BCUT2D eigenvalue weighted by Crippen LogP contribution is 2.47. The van der Waals surface area contributed by atoms with Crippen molar-refractivity contribution in [3.63, 3.8) is 0 Å². The van der Waals surface area contributed by atoms with Gasteiger partial charge >= 0.3 is 18.2 Å². The van der Waals surface area contributed by atoms with Crippen LogP contribution in [0.3, 0.4) is 0 Å². The summed E-state index contributed by atoms with van der Waals surface area (Å²) in [6, 6.07) is 6.06. The predicted octanol–water partition coefficient (Wildman–Crippen LogP) is 2.56. The van der Waals surface area contributed by atoms with Gasteiger partial charge in [0.25, 0.3) is 0 Å². The summed E-state index contributed by atoms with van der Waals surface area (Å²) in [6.07, 6.45) is -1.06. The molecule has 0 bridgehead atoms. The molecule has 29 heavy (non-hydrogen) atoms. The molecule has 0 radical (unpaired) electrons. The number of hydrogen-bond donors (Lipinski definition) is 2. The van der Waals surface area contributed by atoms with E-state index in [1.807, 2.05) is 0 Å². The van der Waals surface area contributed by atoms with Crippen molar-refractivity contribution in [2.24, 2.45) is 5.41 Å². The van der Waals surface area contributed by atoms with Gasteiger partial charge in [-0.05, 0) is 24.5 Å². The first-order valence-corrected chi connectivity index (χ1v) is 8.82. The highest BCUT2D eigenvalue weighted by atomic mass is 19.1. The number of carbonyl (C=O) groups is 3. The molecule has 4 rings (SSSR count). The Morgan fingerprint density at radius 2 is 1.97 bits per heavy atom. The molecule has 3 atom stereocenters. The maximum atomic E-state index is 13.0. The van der Waals surface area contributed by atoms with Crippen LogP contribution in [0.15, 0.2) is 36.7 Å². The molecule has 2 aromatic rings. The summed E-state index contributed by atoms with van der Waals surface area (Å²) in [5.41, 5.74) is -0.0164. The summed E-state index contributed by atoms with van der Waals surface area (Å²) in [4.78, 5) is 43.6. The van der Waals surface area contributed by atoms with Gasteiger partial charge in [-0.2, -0.15) is 0 Å². The van der Waals surface area contributed by atoms with Crippen LogP contribution in [0.5, 0.6) is 0 Å². The number of ether oxygens (including phenoxy) is 1. The maximum absolute atomic E-state index is 13.0. The lowest BCUT2D eigenvalue weighted by Gasteiger charge is -2.26. The van der Waals surface area contributed by atoms with E-state index in [0.29, 0.717) is 21.9 Å². The summed E-state index contributed by atoms with van der Waals surface area (Å²) in [5, 5.41) is 19.2. The molecule has 2 aliphatic rings. The lowest BCUT2D eigenvalue weighted by atomic mass is 9.79. The van der Waals surface area contributed by atoms with Crippen LogP contribution in [0.25, 0.3) is 11.4 Å². The minimum Gasteiger partial charge on any atom is -0.481 e. The average Bonchev–Trinajstić information content (AvgIpc) is 3.15. The third-order valence-corrected chi connectivity index (χ3v) is 5.41.